The molecule has 0 amide bonds. The van der Waals surface area contributed by atoms with Crippen LogP contribution >= 0.6 is 12.4 Å². The maximum atomic E-state index is 12.8. The molecule has 2 nitrogen and oxygen atoms in total. The maximum Gasteiger partial charge on any atom is 0.416 e. The third-order valence-electron chi connectivity index (χ3n) is 3.92. The van der Waals surface area contributed by atoms with Gasteiger partial charge in [0.2, 0.25) is 0 Å². The smallest absolute Gasteiger partial charge is 0.319 e. The average Bonchev–Trinajstić information content (AvgIpc) is 2.84. The van der Waals surface area contributed by atoms with Crippen LogP contribution in [0.25, 0.3) is 0 Å². The van der Waals surface area contributed by atoms with Crippen molar-refractivity contribution in [1.29, 1.82) is 0 Å². The summed E-state index contributed by atoms with van der Waals surface area (Å²) < 4.78 is 76.9. The van der Waals surface area contributed by atoms with Crippen LogP contribution in [0.15, 0.2) is 18.2 Å². The fourth-order valence-electron chi connectivity index (χ4n) is 2.88. The number of hydrogen-bond donors (Lipinski definition) is 1. The zero-order valence-electron chi connectivity index (χ0n) is 13.0. The summed E-state index contributed by atoms with van der Waals surface area (Å²) in [5.41, 5.74) is -2.47. The van der Waals surface area contributed by atoms with E-state index >= 15 is 0 Å². The van der Waals surface area contributed by atoms with Crippen molar-refractivity contribution < 1.29 is 26.3 Å². The Balaban J connectivity index is 0.00000288. The first-order valence-electron chi connectivity index (χ1n) is 7.25. The zero-order valence-corrected chi connectivity index (χ0v) is 13.8. The van der Waals surface area contributed by atoms with Gasteiger partial charge in [0.1, 0.15) is 0 Å². The van der Waals surface area contributed by atoms with Crippen LogP contribution in [0.2, 0.25) is 0 Å². The molecule has 0 saturated carbocycles. The van der Waals surface area contributed by atoms with Gasteiger partial charge in [0.25, 0.3) is 0 Å². The first kappa shape index (κ1) is 21.1. The van der Waals surface area contributed by atoms with Gasteiger partial charge >= 0.3 is 12.4 Å². The minimum absolute atomic E-state index is 0. The second-order valence-electron chi connectivity index (χ2n) is 5.86. The molecular formula is C15H19ClF6N2. The van der Waals surface area contributed by atoms with E-state index in [0.29, 0.717) is 19.0 Å². The number of likely N-dealkylation sites (tertiary alicyclic amines) is 1. The molecule has 0 aliphatic carbocycles. The van der Waals surface area contributed by atoms with E-state index < -0.39 is 23.5 Å². The molecule has 9 heteroatoms. The normalized spacial score (nSPS) is 19.4. The number of alkyl halides is 6. The van der Waals surface area contributed by atoms with Crippen LogP contribution in [-0.2, 0) is 18.9 Å². The van der Waals surface area contributed by atoms with E-state index in [2.05, 4.69) is 5.32 Å². The maximum absolute atomic E-state index is 12.8. The lowest BCUT2D eigenvalue weighted by molar-refractivity contribution is -0.143. The Labute approximate surface area is 142 Å². The third-order valence-corrected chi connectivity index (χ3v) is 3.92. The molecule has 0 spiro atoms. The number of nitrogens with zero attached hydrogens (tertiary/aromatic N) is 1. The van der Waals surface area contributed by atoms with E-state index in [4.69, 9.17) is 0 Å². The summed E-state index contributed by atoms with van der Waals surface area (Å²) in [7, 11) is 1.81. The molecule has 1 aliphatic heterocycles. The molecule has 0 bridgehead atoms. The number of hydrogen-bond acceptors (Lipinski definition) is 2. The van der Waals surface area contributed by atoms with Crippen LogP contribution in [0.3, 0.4) is 0 Å². The lowest BCUT2D eigenvalue weighted by Gasteiger charge is -2.19. The Morgan fingerprint density at radius 2 is 1.58 bits per heavy atom. The second kappa shape index (κ2) is 7.93. The lowest BCUT2D eigenvalue weighted by atomic mass is 10.0. The minimum Gasteiger partial charge on any atom is -0.319 e. The van der Waals surface area contributed by atoms with Gasteiger partial charge in [-0.25, -0.2) is 0 Å². The molecule has 1 fully saturated rings. The van der Waals surface area contributed by atoms with Gasteiger partial charge in [-0.15, -0.1) is 12.4 Å². The van der Waals surface area contributed by atoms with E-state index in [-0.39, 0.29) is 30.6 Å². The van der Waals surface area contributed by atoms with Crippen LogP contribution in [0.5, 0.6) is 0 Å². The topological polar surface area (TPSA) is 15.3 Å². The van der Waals surface area contributed by atoms with Crippen LogP contribution in [0, 0.1) is 5.92 Å². The van der Waals surface area contributed by atoms with Crippen molar-refractivity contribution in [2.45, 2.75) is 25.3 Å². The Morgan fingerprint density at radius 1 is 1.04 bits per heavy atom. The highest BCUT2D eigenvalue weighted by Gasteiger charge is 2.37. The number of rotatable bonds is 4. The molecule has 1 aromatic rings. The summed E-state index contributed by atoms with van der Waals surface area (Å²) in [6.07, 6.45) is -8.71. The van der Waals surface area contributed by atoms with Gasteiger partial charge in [0.15, 0.2) is 0 Å². The predicted molar refractivity (Wildman–Crippen MR) is 81.0 cm³/mol. The van der Waals surface area contributed by atoms with Crippen molar-refractivity contribution in [3.8, 4) is 0 Å². The first-order chi connectivity index (χ1) is 10.6. The Hall–Kier alpha value is -0.990. The van der Waals surface area contributed by atoms with Gasteiger partial charge in [0, 0.05) is 13.1 Å². The average molecular weight is 377 g/mol. The van der Waals surface area contributed by atoms with Crippen molar-refractivity contribution in [3.63, 3.8) is 0 Å². The van der Waals surface area contributed by atoms with Gasteiger partial charge in [-0.1, -0.05) is 0 Å². The molecule has 1 heterocycles. The van der Waals surface area contributed by atoms with Gasteiger partial charge in [-0.2, -0.15) is 26.3 Å². The van der Waals surface area contributed by atoms with Gasteiger partial charge in [0.05, 0.1) is 11.1 Å². The molecular weight excluding hydrogens is 358 g/mol. The quantitative estimate of drug-likeness (QED) is 0.793. The van der Waals surface area contributed by atoms with Crippen LogP contribution in [0.4, 0.5) is 26.3 Å². The van der Waals surface area contributed by atoms with E-state index in [1.54, 1.807) is 0 Å². The minimum atomic E-state index is -4.80. The molecule has 1 saturated heterocycles. The zero-order chi connectivity index (χ0) is 17.3. The van der Waals surface area contributed by atoms with Gasteiger partial charge < -0.3 is 5.32 Å². The molecule has 1 N–H and O–H groups in total. The monoisotopic (exact) mass is 376 g/mol. The van der Waals surface area contributed by atoms with Crippen molar-refractivity contribution in [3.05, 3.63) is 34.9 Å². The fourth-order valence-corrected chi connectivity index (χ4v) is 2.88. The lowest BCUT2D eigenvalue weighted by Crippen LogP contribution is -2.24. The van der Waals surface area contributed by atoms with Crippen molar-refractivity contribution in [2.24, 2.45) is 5.92 Å². The predicted octanol–water partition coefficient (Wildman–Crippen LogP) is 4.19. The number of benzene rings is 1. The Morgan fingerprint density at radius 3 is 2.04 bits per heavy atom. The highest BCUT2D eigenvalue weighted by Crippen LogP contribution is 2.36. The SMILES string of the molecule is CNCC1CCN(Cc2cc(C(F)(F)F)cc(C(F)(F)F)c2)C1.Cl. The van der Waals surface area contributed by atoms with E-state index in [1.807, 2.05) is 11.9 Å². The summed E-state index contributed by atoms with van der Waals surface area (Å²) >= 11 is 0. The molecule has 0 radical (unpaired) electrons. The van der Waals surface area contributed by atoms with Crippen molar-refractivity contribution in [1.82, 2.24) is 10.2 Å². The summed E-state index contributed by atoms with van der Waals surface area (Å²) in [4.78, 5) is 1.89. The summed E-state index contributed by atoms with van der Waals surface area (Å²) in [6.45, 7) is 2.21. The van der Waals surface area contributed by atoms with Crippen LogP contribution in [0.1, 0.15) is 23.1 Å². The standard InChI is InChI=1S/C15H18F6N2.ClH/c1-22-7-10-2-3-23(8-10)9-11-4-12(14(16,17)18)6-13(5-11)15(19,20)21;/h4-6,10,22H,2-3,7-9H2,1H3;1H. The molecule has 138 valence electrons. The van der Waals surface area contributed by atoms with E-state index in [1.165, 1.54) is 0 Å². The summed E-state index contributed by atoms with van der Waals surface area (Å²) in [5, 5.41) is 3.03. The fraction of sp³-hybridized carbons (Fsp3) is 0.600. The number of halogens is 7. The number of nitrogens with one attached hydrogen (secondary N) is 1. The van der Waals surface area contributed by atoms with Gasteiger partial charge in [-0.05, 0) is 56.2 Å². The van der Waals surface area contributed by atoms with Crippen LogP contribution < -0.4 is 5.32 Å². The van der Waals surface area contributed by atoms with E-state index in [9.17, 15) is 26.3 Å². The van der Waals surface area contributed by atoms with Crippen LogP contribution in [-0.4, -0.2) is 31.6 Å². The molecule has 1 aliphatic rings. The molecule has 0 aromatic heterocycles. The van der Waals surface area contributed by atoms with E-state index in [0.717, 1.165) is 25.1 Å². The highest BCUT2D eigenvalue weighted by molar-refractivity contribution is 5.85. The van der Waals surface area contributed by atoms with Gasteiger partial charge in [-0.3, -0.25) is 4.90 Å². The molecule has 24 heavy (non-hydrogen) atoms. The summed E-state index contributed by atoms with van der Waals surface area (Å²) in [6, 6.07) is 1.78. The highest BCUT2D eigenvalue weighted by atomic mass is 35.5. The second-order valence-corrected chi connectivity index (χ2v) is 5.86. The summed E-state index contributed by atoms with van der Waals surface area (Å²) in [5.74, 6) is 0.368. The van der Waals surface area contributed by atoms with Crippen molar-refractivity contribution >= 4 is 12.4 Å². The largest absolute Gasteiger partial charge is 0.416 e. The Kier molecular flexibility index (Phi) is 6.95. The Bertz CT molecular complexity index is 511. The third kappa shape index (κ3) is 5.53. The van der Waals surface area contributed by atoms with Crippen molar-refractivity contribution in [2.75, 3.05) is 26.7 Å². The molecule has 1 unspecified atom stereocenters. The molecule has 2 rings (SSSR count). The first-order valence-corrected chi connectivity index (χ1v) is 7.25. The molecule has 1 aromatic carbocycles. The molecule has 1 atom stereocenters.